The highest BCUT2D eigenvalue weighted by Gasteiger charge is 2.27. The summed E-state index contributed by atoms with van der Waals surface area (Å²) in [6.45, 7) is 4.32. The van der Waals surface area contributed by atoms with Crippen LogP contribution in [0.1, 0.15) is 32.3 Å². The molecule has 1 aromatic carbocycles. The van der Waals surface area contributed by atoms with Gasteiger partial charge in [-0.3, -0.25) is 0 Å². The van der Waals surface area contributed by atoms with Crippen LogP contribution >= 0.6 is 11.6 Å². The van der Waals surface area contributed by atoms with E-state index in [1.54, 1.807) is 0 Å². The minimum atomic E-state index is -0.272. The molecule has 0 amide bonds. The zero-order valence-electron chi connectivity index (χ0n) is 10.7. The third-order valence-electron chi connectivity index (χ3n) is 3.20. The van der Waals surface area contributed by atoms with Crippen LogP contribution in [0.4, 0.5) is 0 Å². The molecular weight excluding hydrogens is 218 g/mol. The predicted molar refractivity (Wildman–Crippen MR) is 72.0 cm³/mol. The van der Waals surface area contributed by atoms with Crippen molar-refractivity contribution in [3.8, 4) is 0 Å². The maximum atomic E-state index is 6.65. The van der Waals surface area contributed by atoms with E-state index < -0.39 is 0 Å². The first-order chi connectivity index (χ1) is 7.47. The Balaban J connectivity index is 2.78. The van der Waals surface area contributed by atoms with Crippen LogP contribution in [-0.4, -0.2) is 25.0 Å². The lowest BCUT2D eigenvalue weighted by Gasteiger charge is -2.31. The Kier molecular flexibility index (Phi) is 4.82. The van der Waals surface area contributed by atoms with Crippen LogP contribution in [0.5, 0.6) is 0 Å². The molecule has 0 saturated heterocycles. The molecule has 1 nitrogen and oxygen atoms in total. The van der Waals surface area contributed by atoms with E-state index in [0.29, 0.717) is 6.04 Å². The maximum Gasteiger partial charge on any atom is 0.0681 e. The van der Waals surface area contributed by atoms with Gasteiger partial charge >= 0.3 is 0 Å². The summed E-state index contributed by atoms with van der Waals surface area (Å²) in [6.07, 6.45) is 2.10. The minimum Gasteiger partial charge on any atom is -0.306 e. The molecule has 0 fully saturated rings. The molecule has 0 bridgehead atoms. The van der Waals surface area contributed by atoms with Crippen LogP contribution in [0.25, 0.3) is 0 Å². The van der Waals surface area contributed by atoms with Gasteiger partial charge in [0, 0.05) is 6.04 Å². The van der Waals surface area contributed by atoms with Crippen LogP contribution in [0.3, 0.4) is 0 Å². The molecule has 16 heavy (non-hydrogen) atoms. The minimum absolute atomic E-state index is 0.272. The fourth-order valence-corrected chi connectivity index (χ4v) is 2.34. The van der Waals surface area contributed by atoms with Gasteiger partial charge in [0.25, 0.3) is 0 Å². The van der Waals surface area contributed by atoms with E-state index in [0.717, 1.165) is 12.8 Å². The molecule has 0 aliphatic rings. The Morgan fingerprint density at radius 1 is 1.25 bits per heavy atom. The fraction of sp³-hybridized carbons (Fsp3) is 0.571. The van der Waals surface area contributed by atoms with Crippen LogP contribution < -0.4 is 0 Å². The van der Waals surface area contributed by atoms with Gasteiger partial charge in [0.2, 0.25) is 0 Å². The highest BCUT2D eigenvalue weighted by atomic mass is 35.5. The van der Waals surface area contributed by atoms with E-state index >= 15 is 0 Å². The van der Waals surface area contributed by atoms with Crippen molar-refractivity contribution in [2.24, 2.45) is 0 Å². The molecule has 0 heterocycles. The number of alkyl halides is 1. The molecule has 0 aromatic heterocycles. The van der Waals surface area contributed by atoms with Gasteiger partial charge in [0.05, 0.1) is 4.87 Å². The molecule has 0 spiro atoms. The Labute approximate surface area is 104 Å². The second-order valence-corrected chi connectivity index (χ2v) is 5.63. The molecule has 0 aliphatic carbocycles. The van der Waals surface area contributed by atoms with E-state index in [2.05, 4.69) is 45.0 Å². The topological polar surface area (TPSA) is 3.24 Å². The largest absolute Gasteiger partial charge is 0.306 e. The highest BCUT2D eigenvalue weighted by Crippen LogP contribution is 2.34. The summed E-state index contributed by atoms with van der Waals surface area (Å²) in [5.41, 5.74) is 1.21. The van der Waals surface area contributed by atoms with Gasteiger partial charge in [-0.2, -0.15) is 0 Å². The molecule has 2 unspecified atom stereocenters. The average molecular weight is 240 g/mol. The molecule has 0 aliphatic heterocycles. The van der Waals surface area contributed by atoms with Crippen LogP contribution in [0, 0.1) is 0 Å². The molecule has 0 radical (unpaired) electrons. The molecule has 0 N–H and O–H groups in total. The lowest BCUT2D eigenvalue weighted by Crippen LogP contribution is -2.33. The van der Waals surface area contributed by atoms with Crippen molar-refractivity contribution < 1.29 is 0 Å². The van der Waals surface area contributed by atoms with E-state index in [1.165, 1.54) is 5.56 Å². The standard InChI is InChI=1S/C14H22ClN/c1-5-13(16(3)4)11-14(2,15)12-9-7-6-8-10-12/h6-10,13H,5,11H2,1-4H3. The first kappa shape index (κ1) is 13.5. The summed E-state index contributed by atoms with van der Waals surface area (Å²) in [5.74, 6) is 0. The van der Waals surface area contributed by atoms with Crippen molar-refractivity contribution in [3.63, 3.8) is 0 Å². The van der Waals surface area contributed by atoms with Gasteiger partial charge in [-0.15, -0.1) is 11.6 Å². The molecule has 90 valence electrons. The molecular formula is C14H22ClN. The Hall–Kier alpha value is -0.530. The van der Waals surface area contributed by atoms with Crippen LogP contribution in [0.15, 0.2) is 30.3 Å². The van der Waals surface area contributed by atoms with E-state index in [1.807, 2.05) is 18.2 Å². The zero-order chi connectivity index (χ0) is 12.2. The third-order valence-corrected chi connectivity index (χ3v) is 3.57. The van der Waals surface area contributed by atoms with Gasteiger partial charge < -0.3 is 4.90 Å². The van der Waals surface area contributed by atoms with Crippen molar-refractivity contribution >= 4 is 11.6 Å². The van der Waals surface area contributed by atoms with Gasteiger partial charge in [-0.25, -0.2) is 0 Å². The summed E-state index contributed by atoms with van der Waals surface area (Å²) in [7, 11) is 4.23. The smallest absolute Gasteiger partial charge is 0.0681 e. The lowest BCUT2D eigenvalue weighted by atomic mass is 9.91. The fourth-order valence-electron chi connectivity index (χ4n) is 2.04. The molecule has 1 rings (SSSR count). The molecule has 2 atom stereocenters. The van der Waals surface area contributed by atoms with Gasteiger partial charge in [-0.05, 0) is 39.4 Å². The SMILES string of the molecule is CCC(CC(C)(Cl)c1ccccc1)N(C)C. The first-order valence-corrected chi connectivity index (χ1v) is 6.26. The summed E-state index contributed by atoms with van der Waals surface area (Å²) in [6, 6.07) is 10.9. The normalized spacial score (nSPS) is 17.1. The summed E-state index contributed by atoms with van der Waals surface area (Å²) in [5, 5.41) is 0. The van der Waals surface area contributed by atoms with E-state index in [9.17, 15) is 0 Å². The van der Waals surface area contributed by atoms with Crippen molar-refractivity contribution in [1.29, 1.82) is 0 Å². The second-order valence-electron chi connectivity index (χ2n) is 4.79. The Morgan fingerprint density at radius 3 is 2.25 bits per heavy atom. The zero-order valence-corrected chi connectivity index (χ0v) is 11.5. The molecule has 0 saturated carbocycles. The summed E-state index contributed by atoms with van der Waals surface area (Å²) < 4.78 is 0. The van der Waals surface area contributed by atoms with Gasteiger partial charge in [-0.1, -0.05) is 37.3 Å². The first-order valence-electron chi connectivity index (χ1n) is 5.88. The highest BCUT2D eigenvalue weighted by molar-refractivity contribution is 6.23. The van der Waals surface area contributed by atoms with Gasteiger partial charge in [0.15, 0.2) is 0 Å². The monoisotopic (exact) mass is 239 g/mol. The summed E-state index contributed by atoms with van der Waals surface area (Å²) >= 11 is 6.65. The number of nitrogens with zero attached hydrogens (tertiary/aromatic N) is 1. The van der Waals surface area contributed by atoms with Crippen molar-refractivity contribution in [3.05, 3.63) is 35.9 Å². The maximum absolute atomic E-state index is 6.65. The lowest BCUT2D eigenvalue weighted by molar-refractivity contribution is 0.251. The number of hydrogen-bond donors (Lipinski definition) is 0. The van der Waals surface area contributed by atoms with E-state index in [-0.39, 0.29) is 4.87 Å². The number of hydrogen-bond acceptors (Lipinski definition) is 1. The van der Waals surface area contributed by atoms with Crippen molar-refractivity contribution in [2.75, 3.05) is 14.1 Å². The number of halogens is 1. The quantitative estimate of drug-likeness (QED) is 0.705. The Bertz CT molecular complexity index is 306. The third kappa shape index (κ3) is 3.50. The average Bonchev–Trinajstić information content (AvgIpc) is 2.27. The summed E-state index contributed by atoms with van der Waals surface area (Å²) in [4.78, 5) is 1.98. The van der Waals surface area contributed by atoms with E-state index in [4.69, 9.17) is 11.6 Å². The number of benzene rings is 1. The molecule has 2 heteroatoms. The van der Waals surface area contributed by atoms with Crippen LogP contribution in [-0.2, 0) is 4.87 Å². The van der Waals surface area contributed by atoms with Crippen molar-refractivity contribution in [1.82, 2.24) is 4.90 Å². The Morgan fingerprint density at radius 2 is 1.81 bits per heavy atom. The van der Waals surface area contributed by atoms with Gasteiger partial charge in [0.1, 0.15) is 0 Å². The molecule has 1 aromatic rings. The number of rotatable bonds is 5. The second kappa shape index (κ2) is 5.70. The predicted octanol–water partition coefficient (Wildman–Crippen LogP) is 3.87. The van der Waals surface area contributed by atoms with Crippen LogP contribution in [0.2, 0.25) is 0 Å². The van der Waals surface area contributed by atoms with Crippen molar-refractivity contribution in [2.45, 2.75) is 37.6 Å².